The number of ether oxygens (including phenoxy) is 1. The number of hydrogen-bond donors (Lipinski definition) is 3. The van der Waals surface area contributed by atoms with Crippen molar-refractivity contribution in [3.8, 4) is 0 Å². The molecule has 0 radical (unpaired) electrons. The quantitative estimate of drug-likeness (QED) is 0.0417. The summed E-state index contributed by atoms with van der Waals surface area (Å²) in [5, 5.41) is 23.1. The number of esters is 1. The Balaban J connectivity index is 3.33. The maximum atomic E-state index is 12.4. The Hall–Kier alpha value is -1.14. The molecule has 6 nitrogen and oxygen atoms in total. The van der Waals surface area contributed by atoms with Gasteiger partial charge < -0.3 is 20.3 Å². The van der Waals surface area contributed by atoms with Gasteiger partial charge in [-0.05, 0) is 25.7 Å². The van der Waals surface area contributed by atoms with Crippen molar-refractivity contribution in [2.75, 3.05) is 13.2 Å². The zero-order chi connectivity index (χ0) is 46.5. The smallest absolute Gasteiger partial charge is 0.305 e. The minimum absolute atomic E-state index is 0.0144. The van der Waals surface area contributed by atoms with Crippen molar-refractivity contribution in [1.29, 1.82) is 0 Å². The van der Waals surface area contributed by atoms with E-state index in [1.54, 1.807) is 0 Å². The van der Waals surface area contributed by atoms with Gasteiger partial charge in [0.05, 0.1) is 25.4 Å². The average Bonchev–Trinajstić information content (AvgIpc) is 3.29. The third kappa shape index (κ3) is 50.3. The van der Waals surface area contributed by atoms with E-state index in [4.69, 9.17) is 4.74 Å². The lowest BCUT2D eigenvalue weighted by atomic mass is 10.0. The Morgan fingerprint density at radius 2 is 0.641 bits per heavy atom. The summed E-state index contributed by atoms with van der Waals surface area (Å²) in [6.07, 6.45) is 62.5. The van der Waals surface area contributed by atoms with Crippen LogP contribution in [-0.4, -0.2) is 47.4 Å². The van der Waals surface area contributed by atoms with E-state index in [9.17, 15) is 19.8 Å². The van der Waals surface area contributed by atoms with E-state index in [2.05, 4.69) is 19.2 Å². The van der Waals surface area contributed by atoms with Crippen LogP contribution in [0.15, 0.2) is 0 Å². The number of amides is 1. The molecule has 0 saturated heterocycles. The van der Waals surface area contributed by atoms with Crippen molar-refractivity contribution >= 4 is 11.9 Å². The number of carbonyl (C=O) groups is 2. The highest BCUT2D eigenvalue weighted by Crippen LogP contribution is 2.18. The molecule has 6 heteroatoms. The SMILES string of the molecule is CCCCCCCCCCCCCCCCCCCCCC(=O)OCCCCCCCCCCCCCCCCCCCCCC(=O)NC(CO)C(O)CCCCCCCCCCC. The molecule has 0 aliphatic heterocycles. The number of rotatable bonds is 55. The highest BCUT2D eigenvalue weighted by atomic mass is 16.5. The van der Waals surface area contributed by atoms with Crippen LogP contribution in [0.2, 0.25) is 0 Å². The minimum Gasteiger partial charge on any atom is -0.466 e. The molecule has 0 rings (SSSR count). The second-order valence-electron chi connectivity index (χ2n) is 20.3. The molecule has 0 aromatic rings. The number of aliphatic hydroxyl groups is 2. The van der Waals surface area contributed by atoms with E-state index in [1.807, 2.05) is 0 Å². The first-order valence-corrected chi connectivity index (χ1v) is 29.3. The highest BCUT2D eigenvalue weighted by Gasteiger charge is 2.20. The van der Waals surface area contributed by atoms with Crippen molar-refractivity contribution in [3.05, 3.63) is 0 Å². The molecule has 2 unspecified atom stereocenters. The van der Waals surface area contributed by atoms with Crippen molar-refractivity contribution in [2.45, 2.75) is 347 Å². The van der Waals surface area contributed by atoms with Gasteiger partial charge in [-0.2, -0.15) is 0 Å². The van der Waals surface area contributed by atoms with Gasteiger partial charge in [-0.3, -0.25) is 9.59 Å². The van der Waals surface area contributed by atoms with Crippen LogP contribution in [-0.2, 0) is 14.3 Å². The van der Waals surface area contributed by atoms with Gasteiger partial charge in [0.15, 0.2) is 0 Å². The minimum atomic E-state index is -0.662. The standard InChI is InChI=1S/C58H115NO5/c1-3-5-7-9-11-13-14-15-16-17-19-23-26-29-32-36-40-44-48-52-58(63)64-53-49-45-41-37-33-30-27-24-21-18-20-22-25-28-31-35-39-43-47-51-57(62)59-55(54-60)56(61)50-46-42-38-34-12-10-8-6-4-2/h55-56,60-61H,3-54H2,1-2H3,(H,59,62). The van der Waals surface area contributed by atoms with E-state index in [0.717, 1.165) is 38.5 Å². The third-order valence-electron chi connectivity index (χ3n) is 13.9. The first-order chi connectivity index (χ1) is 31.5. The summed E-state index contributed by atoms with van der Waals surface area (Å²) in [4.78, 5) is 24.5. The lowest BCUT2D eigenvalue weighted by Crippen LogP contribution is -2.45. The van der Waals surface area contributed by atoms with Gasteiger partial charge in [0.1, 0.15) is 0 Å². The van der Waals surface area contributed by atoms with Crippen LogP contribution in [0.1, 0.15) is 335 Å². The highest BCUT2D eigenvalue weighted by molar-refractivity contribution is 5.76. The Bertz CT molecular complexity index is 913. The zero-order valence-corrected chi connectivity index (χ0v) is 43.5. The average molecular weight is 907 g/mol. The first-order valence-electron chi connectivity index (χ1n) is 29.3. The van der Waals surface area contributed by atoms with Crippen molar-refractivity contribution in [1.82, 2.24) is 5.32 Å². The summed E-state index contributed by atoms with van der Waals surface area (Å²) in [6, 6.07) is -0.540. The summed E-state index contributed by atoms with van der Waals surface area (Å²) >= 11 is 0. The van der Waals surface area contributed by atoms with Crippen LogP contribution in [0.25, 0.3) is 0 Å². The van der Waals surface area contributed by atoms with E-state index in [-0.39, 0.29) is 18.5 Å². The molecule has 0 bridgehead atoms. The van der Waals surface area contributed by atoms with Crippen molar-refractivity contribution < 1.29 is 24.5 Å². The fourth-order valence-electron chi connectivity index (χ4n) is 9.41. The fraction of sp³-hybridized carbons (Fsp3) is 0.966. The maximum absolute atomic E-state index is 12.4. The number of nitrogens with one attached hydrogen (secondary N) is 1. The third-order valence-corrected chi connectivity index (χ3v) is 13.9. The van der Waals surface area contributed by atoms with E-state index in [1.165, 1.54) is 263 Å². The molecule has 2 atom stereocenters. The molecule has 0 spiro atoms. The van der Waals surface area contributed by atoms with Gasteiger partial charge in [-0.15, -0.1) is 0 Å². The van der Waals surface area contributed by atoms with Crippen LogP contribution >= 0.6 is 0 Å². The Morgan fingerprint density at radius 1 is 0.375 bits per heavy atom. The van der Waals surface area contributed by atoms with Crippen LogP contribution in [0.3, 0.4) is 0 Å². The van der Waals surface area contributed by atoms with Gasteiger partial charge in [0, 0.05) is 12.8 Å². The van der Waals surface area contributed by atoms with Crippen molar-refractivity contribution in [2.24, 2.45) is 0 Å². The van der Waals surface area contributed by atoms with Crippen LogP contribution in [0.4, 0.5) is 0 Å². The molecule has 0 aliphatic rings. The zero-order valence-electron chi connectivity index (χ0n) is 43.5. The van der Waals surface area contributed by atoms with Gasteiger partial charge in [0.2, 0.25) is 5.91 Å². The number of hydrogen-bond acceptors (Lipinski definition) is 5. The number of carbonyl (C=O) groups excluding carboxylic acids is 2. The number of unbranched alkanes of at least 4 members (excludes halogenated alkanes) is 44. The Kier molecular flexibility index (Phi) is 53.5. The Morgan fingerprint density at radius 3 is 0.953 bits per heavy atom. The molecule has 1 amide bonds. The molecule has 0 aliphatic carbocycles. The lowest BCUT2D eigenvalue weighted by molar-refractivity contribution is -0.143. The number of aliphatic hydroxyl groups excluding tert-OH is 2. The normalized spacial score (nSPS) is 12.5. The lowest BCUT2D eigenvalue weighted by Gasteiger charge is -2.22. The fourth-order valence-corrected chi connectivity index (χ4v) is 9.41. The molecule has 382 valence electrons. The Labute approximate surface area is 400 Å². The molecule has 64 heavy (non-hydrogen) atoms. The van der Waals surface area contributed by atoms with Crippen LogP contribution < -0.4 is 5.32 Å². The largest absolute Gasteiger partial charge is 0.466 e. The van der Waals surface area contributed by atoms with Crippen LogP contribution in [0.5, 0.6) is 0 Å². The summed E-state index contributed by atoms with van der Waals surface area (Å²) in [6.45, 7) is 4.95. The second kappa shape index (κ2) is 54.5. The van der Waals surface area contributed by atoms with Gasteiger partial charge in [-0.1, -0.05) is 296 Å². The molecule has 0 heterocycles. The molecular formula is C58H115NO5. The van der Waals surface area contributed by atoms with Gasteiger partial charge in [-0.25, -0.2) is 0 Å². The molecule has 0 saturated carbocycles. The molecule has 0 aromatic heterocycles. The summed E-state index contributed by atoms with van der Waals surface area (Å²) in [5.74, 6) is -0.0241. The van der Waals surface area contributed by atoms with Gasteiger partial charge in [0.25, 0.3) is 0 Å². The molecule has 0 aromatic carbocycles. The summed E-state index contributed by atoms with van der Waals surface area (Å²) in [5.41, 5.74) is 0. The van der Waals surface area contributed by atoms with E-state index < -0.39 is 12.1 Å². The first kappa shape index (κ1) is 62.9. The predicted molar refractivity (Wildman–Crippen MR) is 278 cm³/mol. The molecule has 0 fully saturated rings. The maximum Gasteiger partial charge on any atom is 0.305 e. The van der Waals surface area contributed by atoms with E-state index in [0.29, 0.717) is 25.9 Å². The monoisotopic (exact) mass is 906 g/mol. The second-order valence-corrected chi connectivity index (χ2v) is 20.3. The summed E-state index contributed by atoms with van der Waals surface area (Å²) < 4.78 is 5.50. The molecular weight excluding hydrogens is 791 g/mol. The molecule has 3 N–H and O–H groups in total. The van der Waals surface area contributed by atoms with Crippen LogP contribution in [0, 0.1) is 0 Å². The predicted octanol–water partition coefficient (Wildman–Crippen LogP) is 17.9. The van der Waals surface area contributed by atoms with Gasteiger partial charge >= 0.3 is 5.97 Å². The van der Waals surface area contributed by atoms with Crippen molar-refractivity contribution in [3.63, 3.8) is 0 Å². The topological polar surface area (TPSA) is 95.9 Å². The summed E-state index contributed by atoms with van der Waals surface area (Å²) in [7, 11) is 0. The van der Waals surface area contributed by atoms with E-state index >= 15 is 0 Å².